The van der Waals surface area contributed by atoms with Gasteiger partial charge in [0, 0.05) is 32.4 Å². The Kier molecular flexibility index (Phi) is 5.44. The summed E-state index contributed by atoms with van der Waals surface area (Å²) in [6.07, 6.45) is 2.47. The van der Waals surface area contributed by atoms with E-state index >= 15 is 0 Å². The number of carbonyl (C=O) groups excluding carboxylic acids is 1. The average Bonchev–Trinajstić information content (AvgIpc) is 2.49. The van der Waals surface area contributed by atoms with Gasteiger partial charge in [0.25, 0.3) is 0 Å². The highest BCUT2D eigenvalue weighted by Gasteiger charge is 2.16. The van der Waals surface area contributed by atoms with Crippen molar-refractivity contribution in [2.45, 2.75) is 19.8 Å². The van der Waals surface area contributed by atoms with Gasteiger partial charge in [-0.15, -0.1) is 0 Å². The van der Waals surface area contributed by atoms with Crippen molar-refractivity contribution in [3.8, 4) is 0 Å². The predicted molar refractivity (Wildman–Crippen MR) is 84.0 cm³/mol. The first-order valence-electron chi connectivity index (χ1n) is 7.53. The second-order valence-electron chi connectivity index (χ2n) is 5.73. The zero-order valence-corrected chi connectivity index (χ0v) is 12.8. The molecule has 2 rings (SSSR count). The van der Waals surface area contributed by atoms with Crippen LogP contribution in [-0.4, -0.2) is 49.3 Å². The van der Waals surface area contributed by atoms with Gasteiger partial charge in [-0.3, -0.25) is 0 Å². The SMILES string of the molecule is CC1CCN(c2ccc([N]C(=O)N(C)CCO)cc2)CC1. The molecule has 1 fully saturated rings. The Morgan fingerprint density at radius 1 is 1.33 bits per heavy atom. The molecule has 1 aromatic carbocycles. The highest BCUT2D eigenvalue weighted by atomic mass is 16.3. The summed E-state index contributed by atoms with van der Waals surface area (Å²) in [6, 6.07) is 7.46. The van der Waals surface area contributed by atoms with Gasteiger partial charge in [0.15, 0.2) is 0 Å². The molecule has 0 aromatic heterocycles. The van der Waals surface area contributed by atoms with Crippen molar-refractivity contribution in [3.05, 3.63) is 24.3 Å². The van der Waals surface area contributed by atoms with E-state index in [4.69, 9.17) is 5.11 Å². The van der Waals surface area contributed by atoms with Crippen LogP contribution in [0.1, 0.15) is 19.8 Å². The molecule has 1 radical (unpaired) electrons. The van der Waals surface area contributed by atoms with Crippen LogP contribution in [0, 0.1) is 5.92 Å². The lowest BCUT2D eigenvalue weighted by Crippen LogP contribution is -2.33. The van der Waals surface area contributed by atoms with Crippen LogP contribution < -0.4 is 10.2 Å². The minimum Gasteiger partial charge on any atom is -0.395 e. The maximum Gasteiger partial charge on any atom is 0.343 e. The third-order valence-corrected chi connectivity index (χ3v) is 3.99. The maximum atomic E-state index is 11.8. The number of benzene rings is 1. The Bertz CT molecular complexity index is 453. The molecule has 5 nitrogen and oxygen atoms in total. The Balaban J connectivity index is 1.91. The number of rotatable bonds is 4. The summed E-state index contributed by atoms with van der Waals surface area (Å²) < 4.78 is 0. The Morgan fingerprint density at radius 3 is 2.52 bits per heavy atom. The summed E-state index contributed by atoms with van der Waals surface area (Å²) in [5.74, 6) is 0.815. The fourth-order valence-corrected chi connectivity index (χ4v) is 2.45. The van der Waals surface area contributed by atoms with Crippen molar-refractivity contribution in [3.63, 3.8) is 0 Å². The van der Waals surface area contributed by atoms with Gasteiger partial charge in [-0.05, 0) is 43.0 Å². The Hall–Kier alpha value is -1.75. The van der Waals surface area contributed by atoms with Gasteiger partial charge in [0.05, 0.1) is 12.3 Å². The minimum absolute atomic E-state index is 0.0515. The van der Waals surface area contributed by atoms with E-state index in [0.717, 1.165) is 19.0 Å². The lowest BCUT2D eigenvalue weighted by Gasteiger charge is -2.32. The lowest BCUT2D eigenvalue weighted by atomic mass is 9.99. The molecule has 1 aliphatic rings. The van der Waals surface area contributed by atoms with Crippen molar-refractivity contribution in [1.82, 2.24) is 10.2 Å². The van der Waals surface area contributed by atoms with Crippen molar-refractivity contribution < 1.29 is 9.90 Å². The van der Waals surface area contributed by atoms with E-state index in [2.05, 4.69) is 17.1 Å². The van der Waals surface area contributed by atoms with Gasteiger partial charge in [0.1, 0.15) is 0 Å². The smallest absolute Gasteiger partial charge is 0.343 e. The molecule has 0 unspecified atom stereocenters. The molecule has 0 spiro atoms. The van der Waals surface area contributed by atoms with Crippen LogP contribution in [0.4, 0.5) is 16.2 Å². The van der Waals surface area contributed by atoms with Crippen LogP contribution in [0.2, 0.25) is 0 Å². The summed E-state index contributed by atoms with van der Waals surface area (Å²) >= 11 is 0. The number of urea groups is 1. The molecule has 1 heterocycles. The topological polar surface area (TPSA) is 57.9 Å². The number of amides is 2. The molecule has 21 heavy (non-hydrogen) atoms. The van der Waals surface area contributed by atoms with Crippen LogP contribution >= 0.6 is 0 Å². The largest absolute Gasteiger partial charge is 0.395 e. The number of hydrogen-bond donors (Lipinski definition) is 1. The van der Waals surface area contributed by atoms with Crippen LogP contribution in [0.5, 0.6) is 0 Å². The molecule has 2 amide bonds. The van der Waals surface area contributed by atoms with Crippen LogP contribution in [0.25, 0.3) is 0 Å². The lowest BCUT2D eigenvalue weighted by molar-refractivity contribution is 0.193. The zero-order valence-electron chi connectivity index (χ0n) is 12.8. The molecule has 5 heteroatoms. The zero-order chi connectivity index (χ0) is 15.2. The second kappa shape index (κ2) is 7.31. The van der Waals surface area contributed by atoms with Gasteiger partial charge in [0.2, 0.25) is 0 Å². The van der Waals surface area contributed by atoms with Crippen LogP contribution in [0.3, 0.4) is 0 Å². The first-order chi connectivity index (χ1) is 10.1. The average molecular weight is 290 g/mol. The van der Waals surface area contributed by atoms with E-state index in [1.165, 1.54) is 23.4 Å². The number of nitrogens with zero attached hydrogens (tertiary/aromatic N) is 3. The van der Waals surface area contributed by atoms with Crippen LogP contribution in [-0.2, 0) is 0 Å². The van der Waals surface area contributed by atoms with E-state index < -0.39 is 0 Å². The summed E-state index contributed by atoms with van der Waals surface area (Å²) in [7, 11) is 1.63. The number of piperidine rings is 1. The van der Waals surface area contributed by atoms with Gasteiger partial charge >= 0.3 is 6.03 Å². The highest BCUT2D eigenvalue weighted by Crippen LogP contribution is 2.24. The Labute approximate surface area is 126 Å². The van der Waals surface area contributed by atoms with Crippen molar-refractivity contribution >= 4 is 17.4 Å². The normalized spacial score (nSPS) is 15.9. The number of anilines is 1. The van der Waals surface area contributed by atoms with Crippen molar-refractivity contribution in [1.29, 1.82) is 0 Å². The van der Waals surface area contributed by atoms with E-state index in [1.54, 1.807) is 7.05 Å². The summed E-state index contributed by atoms with van der Waals surface area (Å²) in [5, 5.41) is 12.8. The molecule has 115 valence electrons. The fourth-order valence-electron chi connectivity index (χ4n) is 2.45. The molecular formula is C16H24N3O2. The van der Waals surface area contributed by atoms with Crippen molar-refractivity contribution in [2.75, 3.05) is 38.2 Å². The molecule has 1 aliphatic heterocycles. The third-order valence-electron chi connectivity index (χ3n) is 3.99. The molecule has 1 aromatic rings. The van der Waals surface area contributed by atoms with E-state index in [1.807, 2.05) is 24.3 Å². The maximum absolute atomic E-state index is 11.8. The van der Waals surface area contributed by atoms with Crippen LogP contribution in [0.15, 0.2) is 24.3 Å². The van der Waals surface area contributed by atoms with Gasteiger partial charge < -0.3 is 14.9 Å². The van der Waals surface area contributed by atoms with E-state index in [-0.39, 0.29) is 12.6 Å². The van der Waals surface area contributed by atoms with E-state index in [0.29, 0.717) is 12.2 Å². The number of carbonyl (C=O) groups is 1. The molecule has 1 saturated heterocycles. The monoisotopic (exact) mass is 290 g/mol. The standard InChI is InChI=1S/C16H24N3O2/c1-13-7-9-19(10-8-13)15-5-3-14(4-6-15)17-16(21)18(2)11-12-20/h3-6,13,20H,7-12H2,1-2H3. The molecule has 0 bridgehead atoms. The number of aliphatic hydroxyl groups excluding tert-OH is 1. The minimum atomic E-state index is -0.330. The summed E-state index contributed by atoms with van der Waals surface area (Å²) in [5.41, 5.74) is 1.84. The molecule has 1 N–H and O–H groups in total. The highest BCUT2D eigenvalue weighted by molar-refractivity contribution is 5.79. The summed E-state index contributed by atoms with van der Waals surface area (Å²) in [6.45, 7) is 4.73. The number of hydrogen-bond acceptors (Lipinski definition) is 3. The third kappa shape index (κ3) is 4.36. The van der Waals surface area contributed by atoms with E-state index in [9.17, 15) is 4.79 Å². The predicted octanol–water partition coefficient (Wildman–Crippen LogP) is 2.20. The molecule has 0 aliphatic carbocycles. The van der Waals surface area contributed by atoms with Gasteiger partial charge in [-0.2, -0.15) is 5.32 Å². The molecule has 0 saturated carbocycles. The number of likely N-dealkylation sites (N-methyl/N-ethyl adjacent to an activating group) is 1. The number of aliphatic hydroxyl groups is 1. The fraction of sp³-hybridized carbons (Fsp3) is 0.562. The van der Waals surface area contributed by atoms with Gasteiger partial charge in [-0.1, -0.05) is 6.92 Å². The molecular weight excluding hydrogens is 266 g/mol. The first kappa shape index (κ1) is 15.6. The summed E-state index contributed by atoms with van der Waals surface area (Å²) in [4.78, 5) is 15.5. The first-order valence-corrected chi connectivity index (χ1v) is 7.53. The molecule has 0 atom stereocenters. The Morgan fingerprint density at radius 2 is 1.95 bits per heavy atom. The quantitative estimate of drug-likeness (QED) is 0.925. The second-order valence-corrected chi connectivity index (χ2v) is 5.73. The van der Waals surface area contributed by atoms with Crippen molar-refractivity contribution in [2.24, 2.45) is 5.92 Å². The van der Waals surface area contributed by atoms with Gasteiger partial charge in [-0.25, -0.2) is 4.79 Å².